The monoisotopic (exact) mass is 370 g/mol. The number of benzene rings is 2. The maximum atomic E-state index is 11.6. The Morgan fingerprint density at radius 2 is 1.12 bits per heavy atom. The van der Waals surface area contributed by atoms with Crippen LogP contribution in [0.15, 0.2) is 60.7 Å². The molecule has 2 aromatic carbocycles. The highest BCUT2D eigenvalue weighted by molar-refractivity contribution is 7.80. The lowest BCUT2D eigenvalue weighted by molar-refractivity contribution is -0.176. The van der Waals surface area contributed by atoms with E-state index >= 15 is 0 Å². The summed E-state index contributed by atoms with van der Waals surface area (Å²) in [6, 6.07) is 18.1. The van der Waals surface area contributed by atoms with Crippen LogP contribution in [0.5, 0.6) is 0 Å². The van der Waals surface area contributed by atoms with Crippen molar-refractivity contribution in [1.29, 1.82) is 0 Å². The van der Waals surface area contributed by atoms with E-state index < -0.39 is 24.0 Å². The van der Waals surface area contributed by atoms with Crippen molar-refractivity contribution < 1.29 is 19.3 Å². The number of rotatable bonds is 4. The molecule has 0 radical (unpaired) electrons. The number of thiocarbonyl (C=S) groups is 1. The standard InChI is InChI=1S/C19H18N2O4S/c1-13(22)24-20-17(15-9-5-3-6-10-15)18(16-11-7-4-8-12-16)21(19(20)26)25-14(2)23/h3-12,17-18H,1-2H3/t17-,18-/m0/s1. The SMILES string of the molecule is CC(=O)ON1C(=S)N(OC(C)=O)[C@@H](c2ccccc2)[C@@H]1c1ccccc1. The number of hydrogen-bond donors (Lipinski definition) is 0. The average molecular weight is 370 g/mol. The Kier molecular flexibility index (Phi) is 5.18. The third kappa shape index (κ3) is 3.52. The highest BCUT2D eigenvalue weighted by Gasteiger charge is 2.49. The maximum absolute atomic E-state index is 11.6. The summed E-state index contributed by atoms with van der Waals surface area (Å²) in [5.74, 6) is -1.02. The first-order valence-corrected chi connectivity index (χ1v) is 8.49. The van der Waals surface area contributed by atoms with E-state index in [-0.39, 0.29) is 5.11 Å². The van der Waals surface area contributed by atoms with E-state index in [0.717, 1.165) is 11.1 Å². The van der Waals surface area contributed by atoms with Gasteiger partial charge in [0.05, 0.1) is 0 Å². The van der Waals surface area contributed by atoms with Crippen LogP contribution in [-0.2, 0) is 19.3 Å². The van der Waals surface area contributed by atoms with Crippen molar-refractivity contribution in [2.24, 2.45) is 0 Å². The van der Waals surface area contributed by atoms with Gasteiger partial charge in [0.15, 0.2) is 0 Å². The van der Waals surface area contributed by atoms with E-state index in [1.165, 1.54) is 24.0 Å². The van der Waals surface area contributed by atoms with E-state index in [2.05, 4.69) is 0 Å². The van der Waals surface area contributed by atoms with Crippen LogP contribution in [0.1, 0.15) is 37.1 Å². The minimum Gasteiger partial charge on any atom is -0.338 e. The predicted octanol–water partition coefficient (Wildman–Crippen LogP) is 3.33. The number of carbonyl (C=O) groups excluding carboxylic acids is 2. The van der Waals surface area contributed by atoms with E-state index in [1.54, 1.807) is 0 Å². The Balaban J connectivity index is 2.13. The molecule has 2 atom stereocenters. The highest BCUT2D eigenvalue weighted by atomic mass is 32.1. The van der Waals surface area contributed by atoms with Gasteiger partial charge in [-0.25, -0.2) is 0 Å². The molecule has 2 aromatic rings. The third-order valence-corrected chi connectivity index (χ3v) is 4.28. The van der Waals surface area contributed by atoms with Gasteiger partial charge in [-0.15, -0.1) is 0 Å². The molecule has 0 spiro atoms. The zero-order chi connectivity index (χ0) is 18.7. The lowest BCUT2D eigenvalue weighted by atomic mass is 9.94. The highest BCUT2D eigenvalue weighted by Crippen LogP contribution is 2.45. The van der Waals surface area contributed by atoms with Gasteiger partial charge in [0.1, 0.15) is 12.1 Å². The van der Waals surface area contributed by atoms with E-state index in [1.807, 2.05) is 60.7 Å². The van der Waals surface area contributed by atoms with Gasteiger partial charge in [0.25, 0.3) is 0 Å². The van der Waals surface area contributed by atoms with Crippen molar-refractivity contribution in [3.63, 3.8) is 0 Å². The molecular weight excluding hydrogens is 352 g/mol. The Morgan fingerprint density at radius 3 is 1.42 bits per heavy atom. The summed E-state index contributed by atoms with van der Waals surface area (Å²) in [6.07, 6.45) is 0. The molecule has 1 aliphatic heterocycles. The Hall–Kier alpha value is -2.93. The summed E-state index contributed by atoms with van der Waals surface area (Å²) in [4.78, 5) is 34.0. The number of carbonyl (C=O) groups is 2. The van der Waals surface area contributed by atoms with Gasteiger partial charge in [0.2, 0.25) is 5.11 Å². The van der Waals surface area contributed by atoms with Crippen molar-refractivity contribution >= 4 is 29.3 Å². The summed E-state index contributed by atoms with van der Waals surface area (Å²) in [5, 5.41) is 2.76. The lowest BCUT2D eigenvalue weighted by Crippen LogP contribution is -2.34. The number of hydroxylamine groups is 4. The van der Waals surface area contributed by atoms with Crippen molar-refractivity contribution in [3.8, 4) is 0 Å². The second-order valence-electron chi connectivity index (χ2n) is 5.81. The molecule has 7 heteroatoms. The molecule has 0 aromatic heterocycles. The smallest absolute Gasteiger partial charge is 0.329 e. The molecule has 0 amide bonds. The molecule has 3 rings (SSSR count). The Bertz CT molecular complexity index is 745. The largest absolute Gasteiger partial charge is 0.338 e. The molecular formula is C19H18N2O4S. The van der Waals surface area contributed by atoms with Crippen LogP contribution in [0.2, 0.25) is 0 Å². The van der Waals surface area contributed by atoms with Crippen LogP contribution in [-0.4, -0.2) is 27.2 Å². The average Bonchev–Trinajstić information content (AvgIpc) is 2.88. The Labute approximate surface area is 156 Å². The fourth-order valence-electron chi connectivity index (χ4n) is 3.00. The zero-order valence-corrected chi connectivity index (χ0v) is 15.2. The topological polar surface area (TPSA) is 59.1 Å². The zero-order valence-electron chi connectivity index (χ0n) is 14.4. The Morgan fingerprint density at radius 1 is 0.769 bits per heavy atom. The first-order valence-electron chi connectivity index (χ1n) is 8.08. The van der Waals surface area contributed by atoms with Gasteiger partial charge in [-0.2, -0.15) is 10.1 Å². The molecule has 6 nitrogen and oxygen atoms in total. The van der Waals surface area contributed by atoms with Crippen molar-refractivity contribution in [2.75, 3.05) is 0 Å². The van der Waals surface area contributed by atoms with Crippen LogP contribution >= 0.6 is 12.2 Å². The first-order chi connectivity index (χ1) is 12.5. The maximum Gasteiger partial charge on any atom is 0.329 e. The van der Waals surface area contributed by atoms with Crippen LogP contribution < -0.4 is 0 Å². The quantitative estimate of drug-likeness (QED) is 0.765. The van der Waals surface area contributed by atoms with Crippen LogP contribution in [0, 0.1) is 0 Å². The molecule has 0 aliphatic carbocycles. The molecule has 1 fully saturated rings. The molecule has 0 saturated carbocycles. The van der Waals surface area contributed by atoms with Gasteiger partial charge >= 0.3 is 11.9 Å². The fourth-order valence-corrected chi connectivity index (χ4v) is 3.30. The van der Waals surface area contributed by atoms with Crippen molar-refractivity contribution in [1.82, 2.24) is 10.1 Å². The van der Waals surface area contributed by atoms with Gasteiger partial charge in [-0.05, 0) is 23.3 Å². The minimum atomic E-state index is -0.509. The van der Waals surface area contributed by atoms with Crippen LogP contribution in [0.25, 0.3) is 0 Å². The summed E-state index contributed by atoms with van der Waals surface area (Å²) in [7, 11) is 0. The minimum absolute atomic E-state index is 0.109. The van der Waals surface area contributed by atoms with E-state index in [0.29, 0.717) is 0 Å². The first kappa shape index (κ1) is 17.9. The predicted molar refractivity (Wildman–Crippen MR) is 98.2 cm³/mol. The summed E-state index contributed by atoms with van der Waals surface area (Å²) < 4.78 is 0. The lowest BCUT2D eigenvalue weighted by Gasteiger charge is -2.26. The molecule has 1 saturated heterocycles. The normalized spacial score (nSPS) is 19.4. The van der Waals surface area contributed by atoms with Crippen molar-refractivity contribution in [2.45, 2.75) is 25.9 Å². The second-order valence-corrected chi connectivity index (χ2v) is 6.18. The van der Waals surface area contributed by atoms with Crippen LogP contribution in [0.3, 0.4) is 0 Å². The summed E-state index contributed by atoms with van der Waals surface area (Å²) >= 11 is 5.45. The fraction of sp³-hybridized carbons (Fsp3) is 0.211. The molecule has 0 unspecified atom stereocenters. The molecule has 0 N–H and O–H groups in total. The third-order valence-electron chi connectivity index (χ3n) is 3.92. The number of hydrogen-bond acceptors (Lipinski definition) is 5. The van der Waals surface area contributed by atoms with E-state index in [9.17, 15) is 9.59 Å². The van der Waals surface area contributed by atoms with E-state index in [4.69, 9.17) is 21.9 Å². The second kappa shape index (κ2) is 7.53. The molecule has 1 aliphatic rings. The number of nitrogens with zero attached hydrogens (tertiary/aromatic N) is 2. The molecule has 26 heavy (non-hydrogen) atoms. The van der Waals surface area contributed by atoms with Crippen LogP contribution in [0.4, 0.5) is 0 Å². The van der Waals surface area contributed by atoms with Gasteiger partial charge < -0.3 is 9.68 Å². The van der Waals surface area contributed by atoms with Gasteiger partial charge in [-0.1, -0.05) is 60.7 Å². The molecule has 0 bridgehead atoms. The van der Waals surface area contributed by atoms with Gasteiger partial charge in [0, 0.05) is 13.8 Å². The van der Waals surface area contributed by atoms with Gasteiger partial charge in [-0.3, -0.25) is 9.59 Å². The molecule has 134 valence electrons. The summed E-state index contributed by atoms with van der Waals surface area (Å²) in [6.45, 7) is 2.60. The summed E-state index contributed by atoms with van der Waals surface area (Å²) in [5.41, 5.74) is 1.75. The molecule has 1 heterocycles. The van der Waals surface area contributed by atoms with Crippen molar-refractivity contribution in [3.05, 3.63) is 71.8 Å².